The van der Waals surface area contributed by atoms with Crippen LogP contribution in [0.25, 0.3) is 0 Å². The Morgan fingerprint density at radius 1 is 1.00 bits per heavy atom. The third-order valence-electron chi connectivity index (χ3n) is 0.307. The predicted molar refractivity (Wildman–Crippen MR) is 26.8 cm³/mol. The maximum atomic E-state index is 10.5. The lowest BCUT2D eigenvalue weighted by Gasteiger charge is -1.82. The van der Waals surface area contributed by atoms with Gasteiger partial charge in [0.05, 0.1) is 0 Å². The van der Waals surface area contributed by atoms with Gasteiger partial charge in [-0.3, -0.25) is 0 Å². The van der Waals surface area contributed by atoms with Crippen molar-refractivity contribution in [2.45, 2.75) is 0 Å². The molecule has 0 aromatic carbocycles. The van der Waals surface area contributed by atoms with E-state index in [4.69, 9.17) is 15.1 Å². The van der Waals surface area contributed by atoms with E-state index in [1.165, 1.54) is 0 Å². The number of hydrogen-bond acceptors (Lipinski definition) is 7. The second kappa shape index (κ2) is 7.85. The normalized spacial score (nSPS) is 7.42. The SMILES string of the molecule is O=C(OF)C(=O)OF.OB(O)O. The van der Waals surface area contributed by atoms with Gasteiger partial charge in [-0.25, -0.2) is 19.5 Å². The zero-order valence-electron chi connectivity index (χ0n) is 5.31. The molecule has 70 valence electrons. The number of carbonyl (C=O) groups is 2. The fourth-order valence-corrected chi connectivity index (χ4v) is 0.0630. The van der Waals surface area contributed by atoms with Gasteiger partial charge in [-0.2, -0.15) is 0 Å². The standard InChI is InChI=1S/C2F2O4.BH3O3/c3-7-1(5)2(6)8-4;2-1(3)4/h;2-4H. The van der Waals surface area contributed by atoms with Crippen LogP contribution in [0.4, 0.5) is 9.05 Å². The van der Waals surface area contributed by atoms with Crippen molar-refractivity contribution in [3.8, 4) is 0 Å². The van der Waals surface area contributed by atoms with Gasteiger partial charge in [0, 0.05) is 9.05 Å². The molecule has 10 heteroatoms. The van der Waals surface area contributed by atoms with Gasteiger partial charge in [-0.15, -0.1) is 0 Å². The molecular formula is C2H3BF2O7. The molecule has 0 heterocycles. The molecule has 0 aromatic heterocycles. The molecule has 0 amide bonds. The van der Waals surface area contributed by atoms with Crippen LogP contribution in [0.3, 0.4) is 0 Å². The van der Waals surface area contributed by atoms with E-state index in [2.05, 4.69) is 9.88 Å². The number of carbonyl (C=O) groups excluding carboxylic acids is 2. The van der Waals surface area contributed by atoms with E-state index in [1.807, 2.05) is 0 Å². The Kier molecular flexibility index (Phi) is 8.73. The van der Waals surface area contributed by atoms with Gasteiger partial charge in [-0.05, 0) is 0 Å². The van der Waals surface area contributed by atoms with E-state index in [0.717, 1.165) is 0 Å². The van der Waals surface area contributed by atoms with Gasteiger partial charge in [0.25, 0.3) is 0 Å². The number of halogens is 2. The quantitative estimate of drug-likeness (QED) is 0.291. The molecule has 0 aliphatic rings. The zero-order chi connectivity index (χ0) is 10.1. The zero-order valence-corrected chi connectivity index (χ0v) is 5.31. The van der Waals surface area contributed by atoms with Crippen molar-refractivity contribution in [2.75, 3.05) is 0 Å². The van der Waals surface area contributed by atoms with Gasteiger partial charge < -0.3 is 15.1 Å². The molecule has 0 aliphatic heterocycles. The van der Waals surface area contributed by atoms with E-state index in [0.29, 0.717) is 0 Å². The summed E-state index contributed by atoms with van der Waals surface area (Å²) in [6.07, 6.45) is 0. The maximum absolute atomic E-state index is 10.5. The lowest BCUT2D eigenvalue weighted by atomic mass is 10.3. The first-order valence-corrected chi connectivity index (χ1v) is 2.15. The third-order valence-corrected chi connectivity index (χ3v) is 0.307. The maximum Gasteiger partial charge on any atom is 0.631 e. The molecule has 0 fully saturated rings. The minimum atomic E-state index is -2.17. The van der Waals surface area contributed by atoms with Crippen LogP contribution in [0.1, 0.15) is 0 Å². The van der Waals surface area contributed by atoms with Crippen LogP contribution >= 0.6 is 0 Å². The van der Waals surface area contributed by atoms with Gasteiger partial charge in [0.1, 0.15) is 0 Å². The highest BCUT2D eigenvalue weighted by Gasteiger charge is 2.18. The molecule has 0 saturated heterocycles. The fraction of sp³-hybridized carbons (Fsp3) is 0. The molecule has 0 radical (unpaired) electrons. The monoisotopic (exact) mass is 188 g/mol. The second-order valence-electron chi connectivity index (χ2n) is 1.08. The Hall–Kier alpha value is -1.26. The van der Waals surface area contributed by atoms with Gasteiger partial charge in [0.15, 0.2) is 0 Å². The van der Waals surface area contributed by atoms with Crippen molar-refractivity contribution in [1.29, 1.82) is 0 Å². The van der Waals surface area contributed by atoms with Gasteiger partial charge >= 0.3 is 19.3 Å². The summed E-state index contributed by atoms with van der Waals surface area (Å²) in [4.78, 5) is 23.4. The summed E-state index contributed by atoms with van der Waals surface area (Å²) in [5, 5.41) is 21.5. The molecule has 0 saturated carbocycles. The molecular weight excluding hydrogens is 185 g/mol. The lowest BCUT2D eigenvalue weighted by Crippen LogP contribution is -2.13. The summed E-state index contributed by atoms with van der Waals surface area (Å²) in [6, 6.07) is 0. The molecule has 0 rings (SSSR count). The van der Waals surface area contributed by atoms with Crippen LogP contribution in [0.2, 0.25) is 0 Å². The van der Waals surface area contributed by atoms with Crippen molar-refractivity contribution in [1.82, 2.24) is 0 Å². The molecule has 3 N–H and O–H groups in total. The number of hydrogen-bond donors (Lipinski definition) is 3. The van der Waals surface area contributed by atoms with Crippen LogP contribution in [-0.4, -0.2) is 34.3 Å². The smallest absolute Gasteiger partial charge is 0.402 e. The highest BCUT2D eigenvalue weighted by atomic mass is 19.3. The average Bonchev–Trinajstić information content (AvgIpc) is 2.00. The van der Waals surface area contributed by atoms with E-state index >= 15 is 0 Å². The van der Waals surface area contributed by atoms with E-state index in [9.17, 15) is 18.6 Å². The third kappa shape index (κ3) is 11.5. The molecule has 0 unspecified atom stereocenters. The van der Waals surface area contributed by atoms with Crippen molar-refractivity contribution in [2.24, 2.45) is 0 Å². The Labute approximate surface area is 64.1 Å². The van der Waals surface area contributed by atoms with Gasteiger partial charge in [0.2, 0.25) is 0 Å². The van der Waals surface area contributed by atoms with Crippen LogP contribution < -0.4 is 0 Å². The fourth-order valence-electron chi connectivity index (χ4n) is 0.0630. The highest BCUT2D eigenvalue weighted by molar-refractivity contribution is 6.30. The van der Waals surface area contributed by atoms with E-state index < -0.39 is 19.3 Å². The van der Waals surface area contributed by atoms with Crippen LogP contribution in [0.5, 0.6) is 0 Å². The first kappa shape index (κ1) is 13.3. The molecule has 0 aliphatic carbocycles. The topological polar surface area (TPSA) is 113 Å². The van der Waals surface area contributed by atoms with Crippen molar-refractivity contribution < 1.29 is 43.6 Å². The van der Waals surface area contributed by atoms with Crippen molar-refractivity contribution in [3.63, 3.8) is 0 Å². The van der Waals surface area contributed by atoms with Crippen LogP contribution in [0, 0.1) is 0 Å². The molecule has 12 heavy (non-hydrogen) atoms. The Morgan fingerprint density at radius 3 is 1.25 bits per heavy atom. The summed E-state index contributed by atoms with van der Waals surface area (Å²) in [5.41, 5.74) is 0. The van der Waals surface area contributed by atoms with E-state index in [-0.39, 0.29) is 0 Å². The first-order chi connectivity index (χ1) is 5.45. The molecule has 7 nitrogen and oxygen atoms in total. The molecule has 0 atom stereocenters. The predicted octanol–water partition coefficient (Wildman–Crippen LogP) is -2.21. The lowest BCUT2D eigenvalue weighted by molar-refractivity contribution is -0.212. The Bertz CT molecular complexity index is 132. The highest BCUT2D eigenvalue weighted by Crippen LogP contribution is 1.83. The molecule has 0 aromatic rings. The largest absolute Gasteiger partial charge is 0.631 e. The van der Waals surface area contributed by atoms with E-state index in [1.54, 1.807) is 0 Å². The molecule has 0 spiro atoms. The first-order valence-electron chi connectivity index (χ1n) is 2.15. The summed E-state index contributed by atoms with van der Waals surface area (Å²) >= 11 is 0. The summed E-state index contributed by atoms with van der Waals surface area (Å²) in [5.74, 6) is -4.04. The van der Waals surface area contributed by atoms with Crippen molar-refractivity contribution >= 4 is 19.3 Å². The minimum Gasteiger partial charge on any atom is -0.402 e. The Morgan fingerprint density at radius 2 is 1.17 bits per heavy atom. The summed E-state index contributed by atoms with van der Waals surface area (Å²) in [6.45, 7) is 0. The Balaban J connectivity index is 0. The number of rotatable bonds is 0. The average molecular weight is 188 g/mol. The molecule has 0 bridgehead atoms. The minimum absolute atomic E-state index is 2.02. The second-order valence-corrected chi connectivity index (χ2v) is 1.08. The van der Waals surface area contributed by atoms with Gasteiger partial charge in [-0.1, -0.05) is 0 Å². The summed E-state index contributed by atoms with van der Waals surface area (Å²) in [7, 11) is -2.17. The van der Waals surface area contributed by atoms with Crippen LogP contribution in [-0.2, 0) is 19.5 Å². The van der Waals surface area contributed by atoms with Crippen LogP contribution in [0.15, 0.2) is 0 Å². The van der Waals surface area contributed by atoms with Crippen molar-refractivity contribution in [3.05, 3.63) is 0 Å². The summed E-state index contributed by atoms with van der Waals surface area (Å²) < 4.78 is 21.0.